The van der Waals surface area contributed by atoms with Gasteiger partial charge in [0.2, 0.25) is 0 Å². The van der Waals surface area contributed by atoms with E-state index >= 15 is 0 Å². The van der Waals surface area contributed by atoms with Gasteiger partial charge in [0.15, 0.2) is 5.79 Å². The molecule has 1 aromatic rings. The highest BCUT2D eigenvalue weighted by Crippen LogP contribution is 2.42. The first-order valence-corrected chi connectivity index (χ1v) is 6.19. The van der Waals surface area contributed by atoms with Gasteiger partial charge in [0.25, 0.3) is 0 Å². The maximum absolute atomic E-state index is 5.71. The molecular weight excluding hydrogens is 224 g/mol. The highest BCUT2D eigenvalue weighted by Gasteiger charge is 2.40. The lowest BCUT2D eigenvalue weighted by Gasteiger charge is -2.35. The molecule has 1 aromatic heterocycles. The van der Waals surface area contributed by atoms with Crippen molar-refractivity contribution in [3.63, 3.8) is 0 Å². The van der Waals surface area contributed by atoms with Crippen LogP contribution in [0.3, 0.4) is 0 Å². The third kappa shape index (κ3) is 1.87. The molecule has 0 amide bonds. The Morgan fingerprint density at radius 2 is 2.00 bits per heavy atom. The minimum Gasteiger partial charge on any atom is -0.348 e. The molecule has 1 saturated heterocycles. The van der Waals surface area contributed by atoms with Gasteiger partial charge >= 0.3 is 0 Å². The zero-order chi connectivity index (χ0) is 11.0. The van der Waals surface area contributed by atoms with E-state index in [2.05, 4.69) is 17.9 Å². The predicted octanol–water partition coefficient (Wildman–Crippen LogP) is 1.98. The average Bonchev–Trinajstić information content (AvgIpc) is 2.90. The smallest absolute Gasteiger partial charge is 0.168 e. The molecule has 2 aliphatic rings. The first kappa shape index (κ1) is 10.6. The molecule has 88 valence electrons. The van der Waals surface area contributed by atoms with Crippen LogP contribution in [-0.2, 0) is 9.47 Å². The van der Waals surface area contributed by atoms with Gasteiger partial charge in [-0.1, -0.05) is 0 Å². The molecule has 3 rings (SSSR count). The van der Waals surface area contributed by atoms with Crippen molar-refractivity contribution >= 4 is 12.8 Å². The lowest BCUT2D eigenvalue weighted by Crippen LogP contribution is -2.34. The summed E-state index contributed by atoms with van der Waals surface area (Å²) in [4.78, 5) is 0. The minimum absolute atomic E-state index is 0.256. The van der Waals surface area contributed by atoms with Crippen LogP contribution in [-0.4, -0.2) is 28.2 Å². The fourth-order valence-corrected chi connectivity index (χ4v) is 2.90. The molecule has 16 heavy (non-hydrogen) atoms. The number of rotatable bonds is 1. The van der Waals surface area contributed by atoms with Gasteiger partial charge in [-0.2, -0.15) is 5.10 Å². The van der Waals surface area contributed by atoms with Crippen LogP contribution in [0.4, 0.5) is 0 Å². The second kappa shape index (κ2) is 4.05. The fourth-order valence-electron chi connectivity index (χ4n) is 2.71. The third-order valence-electron chi connectivity index (χ3n) is 3.62. The second-order valence-electron chi connectivity index (χ2n) is 4.58. The molecule has 1 saturated carbocycles. The molecule has 1 aliphatic carbocycles. The zero-order valence-corrected chi connectivity index (χ0v) is 10.0. The van der Waals surface area contributed by atoms with E-state index in [0.29, 0.717) is 5.92 Å². The highest BCUT2D eigenvalue weighted by atomic mass is 32.1. The summed E-state index contributed by atoms with van der Waals surface area (Å²) in [6.07, 6.45) is 8.11. The van der Waals surface area contributed by atoms with Crippen LogP contribution in [0.5, 0.6) is 0 Å². The molecule has 1 spiro atoms. The van der Waals surface area contributed by atoms with Crippen molar-refractivity contribution < 1.29 is 9.47 Å². The van der Waals surface area contributed by atoms with Crippen LogP contribution < -0.4 is 0 Å². The monoisotopic (exact) mass is 240 g/mol. The largest absolute Gasteiger partial charge is 0.348 e. The summed E-state index contributed by atoms with van der Waals surface area (Å²) in [5.74, 6) is 0.326. The maximum Gasteiger partial charge on any atom is 0.168 e. The molecule has 0 aromatic carbocycles. The van der Waals surface area contributed by atoms with Crippen LogP contribution >= 0.6 is 12.8 Å². The number of aromatic nitrogens is 2. The molecule has 0 bridgehead atoms. The summed E-state index contributed by atoms with van der Waals surface area (Å²) in [6.45, 7) is 1.50. The van der Waals surface area contributed by atoms with Crippen LogP contribution in [0.1, 0.15) is 37.2 Å². The Morgan fingerprint density at radius 1 is 1.31 bits per heavy atom. The second-order valence-corrected chi connectivity index (χ2v) is 4.99. The summed E-state index contributed by atoms with van der Waals surface area (Å²) >= 11 is 4.16. The van der Waals surface area contributed by atoms with E-state index in [1.807, 2.05) is 12.4 Å². The average molecular weight is 240 g/mol. The molecule has 0 unspecified atom stereocenters. The SMILES string of the molecule is Sn1cc(C2CCC3(CC2)OCCO3)cn1. The van der Waals surface area contributed by atoms with Crippen molar-refractivity contribution in [3.05, 3.63) is 18.0 Å². The number of ether oxygens (including phenoxy) is 2. The van der Waals surface area contributed by atoms with Gasteiger partial charge in [0.05, 0.1) is 19.4 Å². The van der Waals surface area contributed by atoms with Crippen LogP contribution in [0.15, 0.2) is 12.4 Å². The Labute approximate surface area is 100 Å². The first-order chi connectivity index (χ1) is 7.77. The van der Waals surface area contributed by atoms with Gasteiger partial charge in [-0.25, -0.2) is 4.09 Å². The molecule has 0 radical (unpaired) electrons. The van der Waals surface area contributed by atoms with Crippen LogP contribution in [0.25, 0.3) is 0 Å². The molecular formula is C11H16N2O2S. The molecule has 2 fully saturated rings. The predicted molar refractivity (Wildman–Crippen MR) is 62.5 cm³/mol. The quantitative estimate of drug-likeness (QED) is 0.762. The van der Waals surface area contributed by atoms with Crippen LogP contribution in [0, 0.1) is 0 Å². The number of hydrogen-bond acceptors (Lipinski definition) is 4. The van der Waals surface area contributed by atoms with Crippen molar-refractivity contribution in [3.8, 4) is 0 Å². The van der Waals surface area contributed by atoms with Gasteiger partial charge in [0, 0.05) is 19.0 Å². The molecule has 1 aliphatic heterocycles. The maximum atomic E-state index is 5.71. The standard InChI is InChI=1S/C11H16N2O2S/c16-13-8-10(7-12-13)9-1-3-11(4-2-9)14-5-6-15-11/h7-9,16H,1-6H2. The molecule has 2 heterocycles. The Morgan fingerprint density at radius 3 is 2.56 bits per heavy atom. The zero-order valence-electron chi connectivity index (χ0n) is 9.13. The Kier molecular flexibility index (Phi) is 2.69. The lowest BCUT2D eigenvalue weighted by molar-refractivity contribution is -0.178. The molecule has 0 N–H and O–H groups in total. The van der Waals surface area contributed by atoms with Gasteiger partial charge in [-0.05, 0) is 37.1 Å². The summed E-state index contributed by atoms with van der Waals surface area (Å²) in [7, 11) is 0. The van der Waals surface area contributed by atoms with E-state index in [-0.39, 0.29) is 5.79 Å². The van der Waals surface area contributed by atoms with Crippen molar-refractivity contribution in [2.75, 3.05) is 13.2 Å². The summed E-state index contributed by atoms with van der Waals surface area (Å²) in [5.41, 5.74) is 1.28. The van der Waals surface area contributed by atoms with Crippen LogP contribution in [0.2, 0.25) is 0 Å². The topological polar surface area (TPSA) is 36.3 Å². The van der Waals surface area contributed by atoms with E-state index in [9.17, 15) is 0 Å². The first-order valence-electron chi connectivity index (χ1n) is 5.79. The third-order valence-corrected chi connectivity index (χ3v) is 3.84. The van der Waals surface area contributed by atoms with E-state index in [0.717, 1.165) is 38.9 Å². The van der Waals surface area contributed by atoms with Gasteiger partial charge < -0.3 is 9.47 Å². The fraction of sp³-hybridized carbons (Fsp3) is 0.727. The van der Waals surface area contributed by atoms with Crippen molar-refractivity contribution in [2.45, 2.75) is 37.4 Å². The molecule has 5 heteroatoms. The number of hydrogen-bond donors (Lipinski definition) is 1. The minimum atomic E-state index is -0.256. The lowest BCUT2D eigenvalue weighted by atomic mass is 9.82. The van der Waals surface area contributed by atoms with E-state index in [4.69, 9.17) is 9.47 Å². The molecule has 0 atom stereocenters. The summed E-state index contributed by atoms with van der Waals surface area (Å²) < 4.78 is 13.0. The van der Waals surface area contributed by atoms with Gasteiger partial charge in [-0.3, -0.25) is 0 Å². The molecule has 4 nitrogen and oxygen atoms in total. The number of thiol groups is 1. The van der Waals surface area contributed by atoms with E-state index in [1.54, 1.807) is 4.09 Å². The normalized spacial score (nSPS) is 25.3. The van der Waals surface area contributed by atoms with Gasteiger partial charge in [-0.15, -0.1) is 0 Å². The van der Waals surface area contributed by atoms with Gasteiger partial charge in [0.1, 0.15) is 0 Å². The highest BCUT2D eigenvalue weighted by molar-refractivity contribution is 7.78. The summed E-state index contributed by atoms with van der Waals surface area (Å²) in [5, 5.41) is 4.10. The Hall–Kier alpha value is -0.520. The van der Waals surface area contributed by atoms with Crippen molar-refractivity contribution in [1.82, 2.24) is 9.19 Å². The van der Waals surface area contributed by atoms with E-state index < -0.39 is 0 Å². The summed E-state index contributed by atoms with van der Waals surface area (Å²) in [6, 6.07) is 0. The number of nitrogens with zero attached hydrogens (tertiary/aromatic N) is 2. The van der Waals surface area contributed by atoms with E-state index in [1.165, 1.54) is 5.56 Å². The van der Waals surface area contributed by atoms with Crippen molar-refractivity contribution in [2.24, 2.45) is 0 Å². The Balaban J connectivity index is 1.66. The van der Waals surface area contributed by atoms with Crippen molar-refractivity contribution in [1.29, 1.82) is 0 Å². The Bertz CT molecular complexity index is 364.